The van der Waals surface area contributed by atoms with Gasteiger partial charge in [-0.25, -0.2) is 4.79 Å². The molecular weight excluding hydrogens is 472 g/mol. The van der Waals surface area contributed by atoms with Crippen molar-refractivity contribution < 1.29 is 19.0 Å². The van der Waals surface area contributed by atoms with Crippen LogP contribution in [0.3, 0.4) is 0 Å². The van der Waals surface area contributed by atoms with Crippen LogP contribution in [-0.4, -0.2) is 31.6 Å². The summed E-state index contributed by atoms with van der Waals surface area (Å²) in [5.41, 5.74) is 4.70. The molecule has 0 aromatic heterocycles. The third-order valence-corrected chi connectivity index (χ3v) is 12.5. The van der Waals surface area contributed by atoms with Crippen molar-refractivity contribution in [3.8, 4) is 0 Å². The SMILES string of the molecule is CCOC(=O)/C(C)=C\CC[C@@H](C)[C@H]1CC[C@@]2(C)C3=CCC4C(C)(C)C5(CC[C@]4(C)C3=CC[C@]12C)OCCO5. The molecule has 0 radical (unpaired) electrons. The second-order valence-electron chi connectivity index (χ2n) is 14.4. The molecule has 0 aromatic rings. The lowest BCUT2D eigenvalue weighted by molar-refractivity contribution is -0.279. The summed E-state index contributed by atoms with van der Waals surface area (Å²) in [5.74, 6) is 1.25. The number of fused-ring (bicyclic) bond motifs is 5. The van der Waals surface area contributed by atoms with Crippen LogP contribution < -0.4 is 0 Å². The van der Waals surface area contributed by atoms with Gasteiger partial charge in [-0.3, -0.25) is 0 Å². The van der Waals surface area contributed by atoms with E-state index in [0.29, 0.717) is 24.4 Å². The topological polar surface area (TPSA) is 44.8 Å². The van der Waals surface area contributed by atoms with Crippen LogP contribution in [0, 0.1) is 39.4 Å². The summed E-state index contributed by atoms with van der Waals surface area (Å²) in [4.78, 5) is 12.0. The van der Waals surface area contributed by atoms with Gasteiger partial charge >= 0.3 is 5.97 Å². The first-order chi connectivity index (χ1) is 17.9. The Labute approximate surface area is 231 Å². The van der Waals surface area contributed by atoms with Gasteiger partial charge in [-0.1, -0.05) is 59.8 Å². The maximum absolute atomic E-state index is 12.0. The van der Waals surface area contributed by atoms with Gasteiger partial charge in [-0.2, -0.15) is 0 Å². The maximum atomic E-state index is 12.0. The Bertz CT molecular complexity index is 1040. The van der Waals surface area contributed by atoms with Crippen LogP contribution in [0.5, 0.6) is 0 Å². The third-order valence-electron chi connectivity index (χ3n) is 12.5. The molecule has 1 heterocycles. The molecule has 1 spiro atoms. The molecule has 4 aliphatic carbocycles. The number of carbonyl (C=O) groups excluding carboxylic acids is 1. The van der Waals surface area contributed by atoms with Crippen LogP contribution in [-0.2, 0) is 19.0 Å². The largest absolute Gasteiger partial charge is 0.463 e. The quantitative estimate of drug-likeness (QED) is 0.260. The number of carbonyl (C=O) groups is 1. The molecule has 0 bridgehead atoms. The van der Waals surface area contributed by atoms with Crippen molar-refractivity contribution >= 4 is 5.97 Å². The van der Waals surface area contributed by atoms with Crippen LogP contribution in [0.1, 0.15) is 107 Å². The molecule has 0 amide bonds. The predicted octanol–water partition coefficient (Wildman–Crippen LogP) is 8.18. The molecule has 4 heteroatoms. The van der Waals surface area contributed by atoms with Gasteiger partial charge in [-0.15, -0.1) is 0 Å². The molecule has 1 saturated heterocycles. The Morgan fingerprint density at radius 2 is 1.79 bits per heavy atom. The molecule has 5 rings (SSSR count). The molecule has 4 nitrogen and oxygen atoms in total. The lowest BCUT2D eigenvalue weighted by atomic mass is 9.43. The highest BCUT2D eigenvalue weighted by Crippen LogP contribution is 2.73. The summed E-state index contributed by atoms with van der Waals surface area (Å²) in [6.07, 6.45) is 16.5. The molecule has 2 saturated carbocycles. The van der Waals surface area contributed by atoms with E-state index in [-0.39, 0.29) is 27.6 Å². The fourth-order valence-electron chi connectivity index (χ4n) is 9.94. The lowest BCUT2D eigenvalue weighted by Crippen LogP contribution is -2.60. The number of hydrogen-bond donors (Lipinski definition) is 0. The Balaban J connectivity index is 1.37. The van der Waals surface area contributed by atoms with E-state index < -0.39 is 5.79 Å². The highest BCUT2D eigenvalue weighted by Gasteiger charge is 2.66. The zero-order valence-corrected chi connectivity index (χ0v) is 25.4. The van der Waals surface area contributed by atoms with Crippen molar-refractivity contribution in [2.45, 2.75) is 113 Å². The summed E-state index contributed by atoms with van der Waals surface area (Å²) in [6.45, 7) is 20.6. The van der Waals surface area contributed by atoms with E-state index in [1.54, 1.807) is 11.1 Å². The molecule has 3 fully saturated rings. The minimum atomic E-state index is -0.413. The summed E-state index contributed by atoms with van der Waals surface area (Å²) in [7, 11) is 0. The molecule has 1 unspecified atom stereocenters. The van der Waals surface area contributed by atoms with Crippen molar-refractivity contribution in [2.75, 3.05) is 19.8 Å². The van der Waals surface area contributed by atoms with Crippen molar-refractivity contribution in [3.63, 3.8) is 0 Å². The molecule has 212 valence electrons. The van der Waals surface area contributed by atoms with Crippen LogP contribution in [0.25, 0.3) is 0 Å². The first kappa shape index (κ1) is 28.1. The molecule has 0 N–H and O–H groups in total. The molecule has 6 atom stereocenters. The number of ether oxygens (including phenoxy) is 3. The minimum Gasteiger partial charge on any atom is -0.463 e. The van der Waals surface area contributed by atoms with Gasteiger partial charge in [0.05, 0.1) is 19.8 Å². The van der Waals surface area contributed by atoms with E-state index in [1.165, 1.54) is 19.3 Å². The summed E-state index contributed by atoms with van der Waals surface area (Å²) < 4.78 is 17.9. The average molecular weight is 525 g/mol. The molecule has 5 aliphatic rings. The van der Waals surface area contributed by atoms with Crippen molar-refractivity contribution in [1.82, 2.24) is 0 Å². The fourth-order valence-corrected chi connectivity index (χ4v) is 9.94. The minimum absolute atomic E-state index is 0.0249. The zero-order chi connectivity index (χ0) is 27.6. The van der Waals surface area contributed by atoms with Gasteiger partial charge in [0.15, 0.2) is 5.79 Å². The summed E-state index contributed by atoms with van der Waals surface area (Å²) in [6, 6.07) is 0. The van der Waals surface area contributed by atoms with E-state index in [2.05, 4.69) is 59.8 Å². The fraction of sp³-hybridized carbons (Fsp3) is 0.794. The van der Waals surface area contributed by atoms with Gasteiger partial charge in [0, 0.05) is 17.4 Å². The van der Waals surface area contributed by atoms with E-state index in [4.69, 9.17) is 14.2 Å². The number of rotatable bonds is 6. The number of esters is 1. The van der Waals surface area contributed by atoms with E-state index >= 15 is 0 Å². The van der Waals surface area contributed by atoms with Gasteiger partial charge in [0.1, 0.15) is 0 Å². The number of hydrogen-bond acceptors (Lipinski definition) is 4. The molecule has 38 heavy (non-hydrogen) atoms. The van der Waals surface area contributed by atoms with Crippen LogP contribution in [0.4, 0.5) is 0 Å². The third kappa shape index (κ3) is 3.86. The van der Waals surface area contributed by atoms with E-state index in [1.807, 2.05) is 13.8 Å². The average Bonchev–Trinajstić information content (AvgIpc) is 3.46. The van der Waals surface area contributed by atoms with E-state index in [9.17, 15) is 4.79 Å². The Morgan fingerprint density at radius 1 is 1.08 bits per heavy atom. The normalized spacial score (nSPS) is 40.1. The number of allylic oxidation sites excluding steroid dienone is 5. The Hall–Kier alpha value is -1.39. The lowest BCUT2D eigenvalue weighted by Gasteiger charge is -2.63. The zero-order valence-electron chi connectivity index (χ0n) is 25.4. The standard InChI is InChI=1S/C34H52O4/c1-9-36-29(35)24(3)12-10-11-23(2)25-15-17-33(8)27-13-14-28-30(4,5)34(37-21-22-38-34)20-19-31(28,6)26(27)16-18-32(25,33)7/h12-13,16,23,25,28H,9-11,14-15,17-22H2,1-8H3/b24-12-/t23-,25-,28?,31-,32-,33+/m1/s1. The van der Waals surface area contributed by atoms with Crippen LogP contribution >= 0.6 is 0 Å². The second kappa shape index (κ2) is 9.61. The highest BCUT2D eigenvalue weighted by atomic mass is 16.7. The molecule has 1 aliphatic heterocycles. The van der Waals surface area contributed by atoms with Crippen LogP contribution in [0.15, 0.2) is 34.9 Å². The summed E-state index contributed by atoms with van der Waals surface area (Å²) in [5, 5.41) is 0. The van der Waals surface area contributed by atoms with Gasteiger partial charge in [0.25, 0.3) is 0 Å². The smallest absolute Gasteiger partial charge is 0.333 e. The first-order valence-corrected chi connectivity index (χ1v) is 15.4. The predicted molar refractivity (Wildman–Crippen MR) is 152 cm³/mol. The molecule has 0 aromatic carbocycles. The maximum Gasteiger partial charge on any atom is 0.333 e. The monoisotopic (exact) mass is 524 g/mol. The van der Waals surface area contributed by atoms with Crippen molar-refractivity contribution in [2.24, 2.45) is 39.4 Å². The van der Waals surface area contributed by atoms with Crippen molar-refractivity contribution in [3.05, 3.63) is 34.9 Å². The van der Waals surface area contributed by atoms with Gasteiger partial charge in [0.2, 0.25) is 0 Å². The first-order valence-electron chi connectivity index (χ1n) is 15.4. The van der Waals surface area contributed by atoms with Gasteiger partial charge in [-0.05, 0) is 104 Å². The van der Waals surface area contributed by atoms with Gasteiger partial charge < -0.3 is 14.2 Å². The van der Waals surface area contributed by atoms with E-state index in [0.717, 1.165) is 50.9 Å². The highest BCUT2D eigenvalue weighted by molar-refractivity contribution is 5.87. The second-order valence-corrected chi connectivity index (χ2v) is 14.4. The Kier molecular flexibility index (Phi) is 7.12. The van der Waals surface area contributed by atoms with Crippen molar-refractivity contribution in [1.29, 1.82) is 0 Å². The van der Waals surface area contributed by atoms with Crippen LogP contribution in [0.2, 0.25) is 0 Å². The molecular formula is C34H52O4. The summed E-state index contributed by atoms with van der Waals surface area (Å²) >= 11 is 0. The Morgan fingerprint density at radius 3 is 2.47 bits per heavy atom.